The van der Waals surface area contributed by atoms with Crippen molar-refractivity contribution in [1.82, 2.24) is 4.90 Å². The predicted octanol–water partition coefficient (Wildman–Crippen LogP) is 9.12. The third kappa shape index (κ3) is 7.11. The lowest BCUT2D eigenvalue weighted by atomic mass is 9.96. The normalized spacial score (nSPS) is 17.6. The van der Waals surface area contributed by atoms with Crippen molar-refractivity contribution in [1.29, 1.82) is 0 Å². The Morgan fingerprint density at radius 2 is 1.40 bits per heavy atom. The summed E-state index contributed by atoms with van der Waals surface area (Å²) in [6.07, 6.45) is 0.836. The van der Waals surface area contributed by atoms with Gasteiger partial charge < -0.3 is 23.8 Å². The number of anilines is 2. The second-order valence-electron chi connectivity index (χ2n) is 12.5. The number of hydrogen-bond donors (Lipinski definition) is 0. The van der Waals surface area contributed by atoms with E-state index in [4.69, 9.17) is 18.9 Å². The largest absolute Gasteiger partial charge is 0.489 e. The van der Waals surface area contributed by atoms with E-state index >= 15 is 4.39 Å². The van der Waals surface area contributed by atoms with E-state index in [2.05, 4.69) is 28.9 Å². The molecule has 0 aliphatic carbocycles. The number of rotatable bonds is 12. The van der Waals surface area contributed by atoms with Crippen molar-refractivity contribution in [2.45, 2.75) is 51.7 Å². The minimum absolute atomic E-state index is 0.00529. The highest BCUT2D eigenvalue weighted by molar-refractivity contribution is 5.74. The molecule has 6 nitrogen and oxygen atoms in total. The molecule has 48 heavy (non-hydrogen) atoms. The maximum Gasteiger partial charge on any atom is 0.167 e. The average Bonchev–Trinajstić information content (AvgIpc) is 3.10. The number of likely N-dealkylation sites (tertiary alicyclic amines) is 1. The van der Waals surface area contributed by atoms with Crippen molar-refractivity contribution >= 4 is 11.4 Å². The predicted molar refractivity (Wildman–Crippen MR) is 187 cm³/mol. The molecule has 1 saturated heterocycles. The van der Waals surface area contributed by atoms with Gasteiger partial charge in [-0.1, -0.05) is 79.7 Å². The Kier molecular flexibility index (Phi) is 9.48. The Hall–Kier alpha value is -5.01. The van der Waals surface area contributed by atoms with Gasteiger partial charge >= 0.3 is 0 Å². The quantitative estimate of drug-likeness (QED) is 0.135. The average molecular weight is 645 g/mol. The molecule has 0 aromatic heterocycles. The first-order valence-corrected chi connectivity index (χ1v) is 16.8. The minimum atomic E-state index is -0.381. The van der Waals surface area contributed by atoms with Crippen LogP contribution in [0.4, 0.5) is 15.8 Å². The first-order chi connectivity index (χ1) is 23.5. The highest BCUT2D eigenvalue weighted by atomic mass is 19.1. The fourth-order valence-corrected chi connectivity index (χ4v) is 6.48. The Balaban J connectivity index is 1.16. The van der Waals surface area contributed by atoms with Gasteiger partial charge in [0, 0.05) is 30.9 Å². The van der Waals surface area contributed by atoms with Crippen molar-refractivity contribution < 1.29 is 23.3 Å². The Labute approximate surface area is 282 Å². The fourth-order valence-electron chi connectivity index (χ4n) is 6.48. The third-order valence-corrected chi connectivity index (χ3v) is 8.90. The molecule has 7 rings (SSSR count). The zero-order chi connectivity index (χ0) is 32.9. The topological polar surface area (TPSA) is 43.4 Å². The van der Waals surface area contributed by atoms with Gasteiger partial charge in [0.15, 0.2) is 11.6 Å². The molecule has 0 radical (unpaired) electrons. The monoisotopic (exact) mass is 644 g/mol. The summed E-state index contributed by atoms with van der Waals surface area (Å²) in [5, 5.41) is 0. The maximum absolute atomic E-state index is 15.7. The molecule has 1 fully saturated rings. The summed E-state index contributed by atoms with van der Waals surface area (Å²) in [6.45, 7) is 7.83. The van der Waals surface area contributed by atoms with Gasteiger partial charge in [0.05, 0.1) is 11.7 Å². The van der Waals surface area contributed by atoms with Gasteiger partial charge in [-0.2, -0.15) is 0 Å². The summed E-state index contributed by atoms with van der Waals surface area (Å²) in [4.78, 5) is 4.48. The number of fused-ring (bicyclic) bond motifs is 1. The second-order valence-corrected chi connectivity index (χ2v) is 12.5. The Morgan fingerprint density at radius 3 is 2.04 bits per heavy atom. The number of nitrogens with zero attached hydrogens (tertiary/aromatic N) is 2. The molecule has 2 aliphatic heterocycles. The van der Waals surface area contributed by atoms with Crippen LogP contribution in [-0.2, 0) is 13.2 Å². The van der Waals surface area contributed by atoms with Crippen molar-refractivity contribution in [3.8, 4) is 23.0 Å². The lowest BCUT2D eigenvalue weighted by molar-refractivity contribution is 0.0179. The summed E-state index contributed by atoms with van der Waals surface area (Å²) >= 11 is 0. The lowest BCUT2D eigenvalue weighted by Crippen LogP contribution is -2.53. The van der Waals surface area contributed by atoms with Crippen LogP contribution in [0.3, 0.4) is 0 Å². The van der Waals surface area contributed by atoms with Crippen LogP contribution in [0.1, 0.15) is 43.0 Å². The van der Waals surface area contributed by atoms with Gasteiger partial charge in [-0.15, -0.1) is 0 Å². The van der Waals surface area contributed by atoms with Crippen LogP contribution in [0.5, 0.6) is 23.0 Å². The van der Waals surface area contributed by atoms with Gasteiger partial charge in [0.25, 0.3) is 0 Å². The summed E-state index contributed by atoms with van der Waals surface area (Å²) in [5.41, 5.74) is 4.76. The molecule has 7 heteroatoms. The van der Waals surface area contributed by atoms with Gasteiger partial charge in [-0.3, -0.25) is 4.90 Å². The van der Waals surface area contributed by atoms with Gasteiger partial charge in [0.2, 0.25) is 0 Å². The van der Waals surface area contributed by atoms with Crippen LogP contribution in [0.25, 0.3) is 0 Å². The number of halogens is 1. The van der Waals surface area contributed by atoms with E-state index in [1.807, 2.05) is 104 Å². The van der Waals surface area contributed by atoms with Crippen molar-refractivity contribution in [3.05, 3.63) is 144 Å². The molecule has 2 heterocycles. The summed E-state index contributed by atoms with van der Waals surface area (Å²) in [7, 11) is 0. The zero-order valence-electron chi connectivity index (χ0n) is 27.4. The van der Waals surface area contributed by atoms with E-state index in [0.29, 0.717) is 30.4 Å². The summed E-state index contributed by atoms with van der Waals surface area (Å²) in [5.74, 6) is 2.06. The number of benzene rings is 5. The van der Waals surface area contributed by atoms with E-state index in [0.717, 1.165) is 54.2 Å². The van der Waals surface area contributed by atoms with E-state index < -0.39 is 0 Å². The minimum Gasteiger partial charge on any atom is -0.489 e. The van der Waals surface area contributed by atoms with Crippen molar-refractivity contribution in [2.24, 2.45) is 0 Å². The molecule has 0 N–H and O–H groups in total. The molecule has 2 atom stereocenters. The Bertz CT molecular complexity index is 1800. The van der Waals surface area contributed by atoms with Crippen LogP contribution in [0.15, 0.2) is 121 Å². The van der Waals surface area contributed by atoms with Gasteiger partial charge in [-0.05, 0) is 73.0 Å². The molecular formula is C41H41FN2O4. The molecule has 0 spiro atoms. The molecule has 2 aliphatic rings. The summed E-state index contributed by atoms with van der Waals surface area (Å²) in [6, 6.07) is 39.1. The SMILES string of the molecule is CCCN1CC(Oc2ccc(N3c4ccc(OCc5ccccc5)cc4OC(C)[C@H]3c3ccc(OCc4ccccc4)cc3)cc2F)C1. The lowest BCUT2D eigenvalue weighted by Gasteiger charge is -2.43. The first-order valence-electron chi connectivity index (χ1n) is 16.8. The van der Waals surface area contributed by atoms with Crippen LogP contribution < -0.4 is 23.8 Å². The van der Waals surface area contributed by atoms with E-state index in [-0.39, 0.29) is 29.8 Å². The molecule has 0 bridgehead atoms. The highest BCUT2D eigenvalue weighted by Gasteiger charge is 2.36. The standard InChI is InChI=1S/C41H41FN2O4/c1-3-22-43-25-36(26-43)48-39-21-16-33(23-37(39)42)44-38-20-19-35(46-28-31-12-8-5-9-13-31)24-40(38)47-29(2)41(44)32-14-17-34(18-15-32)45-27-30-10-6-4-7-11-30/h4-21,23-24,29,36,41H,3,22,25-28H2,1-2H3/t29?,41-/m0/s1. The molecule has 0 amide bonds. The van der Waals surface area contributed by atoms with Crippen LogP contribution in [-0.4, -0.2) is 36.7 Å². The molecule has 5 aromatic carbocycles. The molecular weight excluding hydrogens is 603 g/mol. The zero-order valence-corrected chi connectivity index (χ0v) is 27.4. The van der Waals surface area contributed by atoms with Gasteiger partial charge in [0.1, 0.15) is 42.7 Å². The van der Waals surface area contributed by atoms with E-state index in [1.54, 1.807) is 12.1 Å². The number of ether oxygens (including phenoxy) is 4. The summed E-state index contributed by atoms with van der Waals surface area (Å²) < 4.78 is 40.6. The van der Waals surface area contributed by atoms with Crippen LogP contribution in [0.2, 0.25) is 0 Å². The molecule has 5 aromatic rings. The second kappa shape index (κ2) is 14.4. The van der Waals surface area contributed by atoms with E-state index in [1.165, 1.54) is 0 Å². The number of hydrogen-bond acceptors (Lipinski definition) is 6. The molecule has 1 unspecified atom stereocenters. The molecule has 0 saturated carbocycles. The smallest absolute Gasteiger partial charge is 0.167 e. The highest BCUT2D eigenvalue weighted by Crippen LogP contribution is 2.48. The van der Waals surface area contributed by atoms with Crippen LogP contribution in [0, 0.1) is 5.82 Å². The Morgan fingerprint density at radius 1 is 0.750 bits per heavy atom. The maximum atomic E-state index is 15.7. The molecule has 246 valence electrons. The van der Waals surface area contributed by atoms with Crippen molar-refractivity contribution in [3.63, 3.8) is 0 Å². The van der Waals surface area contributed by atoms with Crippen molar-refractivity contribution in [2.75, 3.05) is 24.5 Å². The fraction of sp³-hybridized carbons (Fsp3) is 0.268. The van der Waals surface area contributed by atoms with E-state index in [9.17, 15) is 0 Å². The van der Waals surface area contributed by atoms with Gasteiger partial charge in [-0.25, -0.2) is 4.39 Å². The first kappa shape index (κ1) is 31.6. The van der Waals surface area contributed by atoms with Crippen LogP contribution >= 0.6 is 0 Å². The third-order valence-electron chi connectivity index (χ3n) is 8.90.